The van der Waals surface area contributed by atoms with Crippen LogP contribution in [0.1, 0.15) is 12.1 Å². The zero-order chi connectivity index (χ0) is 15.2. The minimum absolute atomic E-state index is 0.426. The van der Waals surface area contributed by atoms with E-state index in [9.17, 15) is 0 Å². The van der Waals surface area contributed by atoms with Crippen LogP contribution in [0.4, 0.5) is 5.69 Å². The van der Waals surface area contributed by atoms with Gasteiger partial charge in [0, 0.05) is 25.0 Å². The van der Waals surface area contributed by atoms with Gasteiger partial charge in [0.05, 0.1) is 35.7 Å². The molecule has 0 atom stereocenters. The Bertz CT molecular complexity index is 777. The molecule has 0 aliphatic rings. The highest BCUT2D eigenvalue weighted by atomic mass is 15.3. The van der Waals surface area contributed by atoms with Crippen LogP contribution in [0.25, 0.3) is 5.69 Å². The summed E-state index contributed by atoms with van der Waals surface area (Å²) >= 11 is 0. The van der Waals surface area contributed by atoms with E-state index in [1.165, 1.54) is 0 Å². The van der Waals surface area contributed by atoms with E-state index in [0.717, 1.165) is 11.4 Å². The number of nitrogens with zero attached hydrogens (tertiary/aromatic N) is 5. The summed E-state index contributed by atoms with van der Waals surface area (Å²) in [5, 5.41) is 12.2. The number of aromatic nitrogens is 4. The average Bonchev–Trinajstić information content (AvgIpc) is 3.05. The number of nitrogens with one attached hydrogen (secondary N) is 1. The average molecular weight is 290 g/mol. The van der Waals surface area contributed by atoms with E-state index >= 15 is 0 Å². The van der Waals surface area contributed by atoms with Gasteiger partial charge in [-0.2, -0.15) is 5.10 Å². The maximum absolute atomic E-state index is 7.95. The van der Waals surface area contributed by atoms with Gasteiger partial charge in [-0.3, -0.25) is 15.0 Å². The van der Waals surface area contributed by atoms with Crippen LogP contribution in [0.2, 0.25) is 0 Å². The van der Waals surface area contributed by atoms with E-state index in [0.29, 0.717) is 17.8 Å². The van der Waals surface area contributed by atoms with Gasteiger partial charge in [-0.05, 0) is 24.3 Å². The van der Waals surface area contributed by atoms with Crippen LogP contribution >= 0.6 is 0 Å². The minimum atomic E-state index is 0.426. The fourth-order valence-electron chi connectivity index (χ4n) is 1.90. The molecule has 3 rings (SSSR count). The molecule has 6 heteroatoms. The molecule has 0 radical (unpaired) electrons. The third-order valence-corrected chi connectivity index (χ3v) is 2.99. The number of aliphatic imine (C=N–C) groups is 1. The molecular weight excluding hydrogens is 276 g/mol. The number of rotatable bonds is 5. The van der Waals surface area contributed by atoms with Gasteiger partial charge < -0.3 is 5.41 Å². The van der Waals surface area contributed by atoms with Gasteiger partial charge in [-0.25, -0.2) is 4.68 Å². The lowest BCUT2D eigenvalue weighted by atomic mass is 10.2. The van der Waals surface area contributed by atoms with Gasteiger partial charge in [0.15, 0.2) is 0 Å². The van der Waals surface area contributed by atoms with Crippen molar-refractivity contribution in [1.29, 1.82) is 5.41 Å². The number of hydrogen-bond donors (Lipinski definition) is 1. The van der Waals surface area contributed by atoms with Crippen LogP contribution in [0, 0.1) is 5.41 Å². The molecule has 3 aromatic heterocycles. The van der Waals surface area contributed by atoms with Crippen LogP contribution < -0.4 is 0 Å². The Morgan fingerprint density at radius 2 is 2.14 bits per heavy atom. The van der Waals surface area contributed by atoms with E-state index in [1.54, 1.807) is 35.7 Å². The zero-order valence-corrected chi connectivity index (χ0v) is 11.8. The van der Waals surface area contributed by atoms with Gasteiger partial charge in [-0.15, -0.1) is 0 Å². The summed E-state index contributed by atoms with van der Waals surface area (Å²) in [4.78, 5) is 12.5. The van der Waals surface area contributed by atoms with Gasteiger partial charge in [0.25, 0.3) is 0 Å². The summed E-state index contributed by atoms with van der Waals surface area (Å²) < 4.78 is 1.71. The lowest BCUT2D eigenvalue weighted by Gasteiger charge is -1.98. The third kappa shape index (κ3) is 3.29. The highest BCUT2D eigenvalue weighted by Crippen LogP contribution is 2.13. The number of pyridine rings is 2. The molecule has 0 fully saturated rings. The van der Waals surface area contributed by atoms with Crippen LogP contribution in [-0.4, -0.2) is 31.7 Å². The zero-order valence-electron chi connectivity index (χ0n) is 11.8. The summed E-state index contributed by atoms with van der Waals surface area (Å²) in [6, 6.07) is 9.29. The summed E-state index contributed by atoms with van der Waals surface area (Å²) in [6.45, 7) is 0. The summed E-state index contributed by atoms with van der Waals surface area (Å²) in [5.41, 5.74) is 2.71. The highest BCUT2D eigenvalue weighted by Gasteiger charge is 2.01. The van der Waals surface area contributed by atoms with E-state index < -0.39 is 0 Å². The first-order chi connectivity index (χ1) is 10.8. The van der Waals surface area contributed by atoms with Gasteiger partial charge in [0.2, 0.25) is 0 Å². The molecule has 1 N–H and O–H groups in total. The molecule has 0 spiro atoms. The lowest BCUT2D eigenvalue weighted by Crippen LogP contribution is -2.01. The molecule has 0 aromatic carbocycles. The Balaban J connectivity index is 1.64. The molecule has 22 heavy (non-hydrogen) atoms. The predicted octanol–water partition coefficient (Wildman–Crippen LogP) is 2.82. The molecular formula is C16H14N6. The van der Waals surface area contributed by atoms with Gasteiger partial charge in [-0.1, -0.05) is 6.07 Å². The molecule has 0 aliphatic carbocycles. The molecule has 3 aromatic rings. The molecule has 0 saturated heterocycles. The predicted molar refractivity (Wildman–Crippen MR) is 85.2 cm³/mol. The largest absolute Gasteiger partial charge is 0.303 e. The van der Waals surface area contributed by atoms with E-state index in [4.69, 9.17) is 5.41 Å². The van der Waals surface area contributed by atoms with E-state index in [2.05, 4.69) is 20.1 Å². The first-order valence-electron chi connectivity index (χ1n) is 6.79. The topological polar surface area (TPSA) is 79.8 Å². The Hall–Kier alpha value is -3.15. The fraction of sp³-hybridized carbons (Fsp3) is 0.0625. The van der Waals surface area contributed by atoms with Crippen molar-refractivity contribution in [2.45, 2.75) is 6.42 Å². The van der Waals surface area contributed by atoms with Crippen molar-refractivity contribution in [2.75, 3.05) is 0 Å². The van der Waals surface area contributed by atoms with Gasteiger partial charge in [0.1, 0.15) is 5.69 Å². The van der Waals surface area contributed by atoms with Crippen molar-refractivity contribution < 1.29 is 0 Å². The Morgan fingerprint density at radius 1 is 1.18 bits per heavy atom. The molecule has 0 aliphatic heterocycles. The standard InChI is InChI=1S/C16H14N6/c17-15(16-5-1-2-8-20-16)6-9-19-13-10-21-22(12-13)14-4-3-7-18-11-14/h1-5,7-12,17H,6H2. The summed E-state index contributed by atoms with van der Waals surface area (Å²) in [5.74, 6) is 0. The van der Waals surface area contributed by atoms with Crippen LogP contribution in [0.15, 0.2) is 66.3 Å². The Kier molecular flexibility index (Phi) is 4.10. The molecule has 0 bridgehead atoms. The Morgan fingerprint density at radius 3 is 2.91 bits per heavy atom. The fourth-order valence-corrected chi connectivity index (χ4v) is 1.90. The van der Waals surface area contributed by atoms with Crippen molar-refractivity contribution in [3.05, 3.63) is 67.0 Å². The molecule has 3 heterocycles. The monoisotopic (exact) mass is 290 g/mol. The smallest absolute Gasteiger partial charge is 0.101 e. The first kappa shape index (κ1) is 13.8. The maximum atomic E-state index is 7.95. The normalized spacial score (nSPS) is 10.9. The van der Waals surface area contributed by atoms with Crippen LogP contribution in [-0.2, 0) is 0 Å². The van der Waals surface area contributed by atoms with Crippen molar-refractivity contribution in [3.8, 4) is 5.69 Å². The van der Waals surface area contributed by atoms with E-state index in [-0.39, 0.29) is 0 Å². The van der Waals surface area contributed by atoms with Crippen molar-refractivity contribution in [3.63, 3.8) is 0 Å². The molecule has 6 nitrogen and oxygen atoms in total. The number of hydrogen-bond acceptors (Lipinski definition) is 5. The lowest BCUT2D eigenvalue weighted by molar-refractivity contribution is 0.874. The Labute approximate surface area is 127 Å². The second-order valence-electron chi connectivity index (χ2n) is 4.56. The summed E-state index contributed by atoms with van der Waals surface area (Å²) in [7, 11) is 0. The van der Waals surface area contributed by atoms with Crippen molar-refractivity contribution in [2.24, 2.45) is 4.99 Å². The quantitative estimate of drug-likeness (QED) is 0.734. The SMILES string of the molecule is N=C(CC=Nc1cnn(-c2cccnc2)c1)c1ccccn1. The van der Waals surface area contributed by atoms with Crippen molar-refractivity contribution >= 4 is 17.6 Å². The third-order valence-electron chi connectivity index (χ3n) is 2.99. The molecule has 0 saturated carbocycles. The summed E-state index contributed by atoms with van der Waals surface area (Å²) in [6.07, 6.45) is 10.7. The van der Waals surface area contributed by atoms with Gasteiger partial charge >= 0.3 is 0 Å². The van der Waals surface area contributed by atoms with Crippen molar-refractivity contribution in [1.82, 2.24) is 19.7 Å². The molecule has 0 unspecified atom stereocenters. The molecule has 108 valence electrons. The van der Waals surface area contributed by atoms with Crippen LogP contribution in [0.3, 0.4) is 0 Å². The maximum Gasteiger partial charge on any atom is 0.101 e. The molecule has 0 amide bonds. The highest BCUT2D eigenvalue weighted by molar-refractivity contribution is 6.04. The second kappa shape index (κ2) is 6.53. The van der Waals surface area contributed by atoms with E-state index in [1.807, 2.05) is 36.5 Å². The van der Waals surface area contributed by atoms with Crippen LogP contribution in [0.5, 0.6) is 0 Å². The first-order valence-corrected chi connectivity index (χ1v) is 6.79. The minimum Gasteiger partial charge on any atom is -0.303 e. The second-order valence-corrected chi connectivity index (χ2v) is 4.56.